The second kappa shape index (κ2) is 5.97. The number of hydrogen-bond acceptors (Lipinski definition) is 5. The van der Waals surface area contributed by atoms with Gasteiger partial charge in [0.2, 0.25) is 11.7 Å². The van der Waals surface area contributed by atoms with E-state index < -0.39 is 0 Å². The Morgan fingerprint density at radius 3 is 2.80 bits per heavy atom. The van der Waals surface area contributed by atoms with E-state index >= 15 is 0 Å². The minimum atomic E-state index is 0.321. The number of aromatic nitrogens is 2. The molecule has 106 valence electrons. The summed E-state index contributed by atoms with van der Waals surface area (Å²) in [4.78, 5) is 4.59. The van der Waals surface area contributed by atoms with Gasteiger partial charge in [-0.1, -0.05) is 36.3 Å². The highest BCUT2D eigenvalue weighted by molar-refractivity contribution is 7.99. The van der Waals surface area contributed by atoms with Crippen molar-refractivity contribution in [2.75, 3.05) is 18.6 Å². The molecule has 0 spiro atoms. The van der Waals surface area contributed by atoms with Gasteiger partial charge in [-0.3, -0.25) is 0 Å². The number of benzene rings is 1. The standard InChI is InChI=1S/C15H19N3OS/c1-3-10-4-6-11(7-5-10)14-17-15(19-18-14)12-8-20-9-13(12)16-2/h4-7,12-13,16H,3,8-9H2,1-2H3. The number of aryl methyl sites for hydroxylation is 1. The maximum absolute atomic E-state index is 5.48. The smallest absolute Gasteiger partial charge is 0.232 e. The molecule has 2 atom stereocenters. The Morgan fingerprint density at radius 1 is 1.30 bits per heavy atom. The summed E-state index contributed by atoms with van der Waals surface area (Å²) < 4.78 is 5.48. The van der Waals surface area contributed by atoms with E-state index in [1.165, 1.54) is 5.56 Å². The molecule has 2 unspecified atom stereocenters. The third kappa shape index (κ3) is 2.60. The van der Waals surface area contributed by atoms with Crippen LogP contribution in [-0.4, -0.2) is 34.7 Å². The molecule has 1 N–H and O–H groups in total. The fraction of sp³-hybridized carbons (Fsp3) is 0.467. The Labute approximate surface area is 123 Å². The lowest BCUT2D eigenvalue weighted by Gasteiger charge is -2.13. The van der Waals surface area contributed by atoms with E-state index in [0.717, 1.165) is 29.4 Å². The number of hydrogen-bond donors (Lipinski definition) is 1. The van der Waals surface area contributed by atoms with E-state index in [4.69, 9.17) is 4.52 Å². The summed E-state index contributed by atoms with van der Waals surface area (Å²) in [5.74, 6) is 3.91. The quantitative estimate of drug-likeness (QED) is 0.938. The van der Waals surface area contributed by atoms with Crippen LogP contribution in [-0.2, 0) is 6.42 Å². The molecule has 0 bridgehead atoms. The van der Waals surface area contributed by atoms with Crippen molar-refractivity contribution in [2.24, 2.45) is 0 Å². The van der Waals surface area contributed by atoms with Crippen molar-refractivity contribution < 1.29 is 4.52 Å². The van der Waals surface area contributed by atoms with Gasteiger partial charge in [0.05, 0.1) is 5.92 Å². The third-order valence-electron chi connectivity index (χ3n) is 3.83. The zero-order valence-electron chi connectivity index (χ0n) is 11.8. The van der Waals surface area contributed by atoms with Gasteiger partial charge in [0.15, 0.2) is 0 Å². The van der Waals surface area contributed by atoms with Gasteiger partial charge in [-0.2, -0.15) is 16.7 Å². The molecule has 1 aromatic carbocycles. The Morgan fingerprint density at radius 2 is 2.10 bits per heavy atom. The van der Waals surface area contributed by atoms with E-state index in [9.17, 15) is 0 Å². The first kappa shape index (κ1) is 13.6. The maximum atomic E-state index is 5.48. The number of rotatable bonds is 4. The first-order valence-electron chi connectivity index (χ1n) is 6.99. The fourth-order valence-electron chi connectivity index (χ4n) is 2.47. The molecular weight excluding hydrogens is 270 g/mol. The van der Waals surface area contributed by atoms with Crippen LogP contribution >= 0.6 is 11.8 Å². The van der Waals surface area contributed by atoms with E-state index in [-0.39, 0.29) is 0 Å². The van der Waals surface area contributed by atoms with Crippen LogP contribution in [0.3, 0.4) is 0 Å². The SMILES string of the molecule is CCc1ccc(-c2noc(C3CSCC3NC)n2)cc1. The first-order chi connectivity index (χ1) is 9.81. The molecular formula is C15H19N3OS. The normalized spacial score (nSPS) is 22.3. The van der Waals surface area contributed by atoms with Crippen molar-refractivity contribution in [2.45, 2.75) is 25.3 Å². The molecule has 0 amide bonds. The van der Waals surface area contributed by atoms with Crippen molar-refractivity contribution >= 4 is 11.8 Å². The van der Waals surface area contributed by atoms with Crippen LogP contribution < -0.4 is 5.32 Å². The highest BCUT2D eigenvalue weighted by Crippen LogP contribution is 2.32. The largest absolute Gasteiger partial charge is 0.339 e. The van der Waals surface area contributed by atoms with Gasteiger partial charge in [0.25, 0.3) is 0 Å². The lowest BCUT2D eigenvalue weighted by molar-refractivity contribution is 0.344. The average Bonchev–Trinajstić information content (AvgIpc) is 3.15. The molecule has 0 aliphatic carbocycles. The number of likely N-dealkylation sites (N-methyl/N-ethyl adjacent to an activating group) is 1. The van der Waals surface area contributed by atoms with Crippen molar-refractivity contribution in [3.05, 3.63) is 35.7 Å². The zero-order chi connectivity index (χ0) is 13.9. The fourth-order valence-corrected chi connectivity index (χ4v) is 3.89. The summed E-state index contributed by atoms with van der Waals surface area (Å²) in [5.41, 5.74) is 2.34. The van der Waals surface area contributed by atoms with Crippen LogP contribution in [0.25, 0.3) is 11.4 Å². The van der Waals surface area contributed by atoms with Crippen LogP contribution in [0.4, 0.5) is 0 Å². The van der Waals surface area contributed by atoms with E-state index in [2.05, 4.69) is 46.6 Å². The van der Waals surface area contributed by atoms with Gasteiger partial charge in [0, 0.05) is 23.1 Å². The Hall–Kier alpha value is -1.33. The molecule has 0 radical (unpaired) electrons. The molecule has 1 aliphatic rings. The van der Waals surface area contributed by atoms with Gasteiger partial charge in [-0.25, -0.2) is 0 Å². The second-order valence-electron chi connectivity index (χ2n) is 5.05. The Balaban J connectivity index is 1.82. The molecule has 20 heavy (non-hydrogen) atoms. The van der Waals surface area contributed by atoms with Crippen LogP contribution in [0.5, 0.6) is 0 Å². The maximum Gasteiger partial charge on any atom is 0.232 e. The average molecular weight is 289 g/mol. The van der Waals surface area contributed by atoms with Crippen LogP contribution in [0.2, 0.25) is 0 Å². The van der Waals surface area contributed by atoms with Crippen LogP contribution in [0.15, 0.2) is 28.8 Å². The summed E-state index contributed by atoms with van der Waals surface area (Å²) in [5, 5.41) is 7.46. The molecule has 0 saturated carbocycles. The zero-order valence-corrected chi connectivity index (χ0v) is 12.6. The van der Waals surface area contributed by atoms with Gasteiger partial charge >= 0.3 is 0 Å². The number of thioether (sulfide) groups is 1. The topological polar surface area (TPSA) is 51.0 Å². The van der Waals surface area contributed by atoms with E-state index in [1.54, 1.807) is 0 Å². The Bertz CT molecular complexity index is 567. The monoisotopic (exact) mass is 289 g/mol. The van der Waals surface area contributed by atoms with Gasteiger partial charge in [-0.15, -0.1) is 0 Å². The molecule has 1 aliphatic heterocycles. The van der Waals surface area contributed by atoms with E-state index in [0.29, 0.717) is 17.8 Å². The lowest BCUT2D eigenvalue weighted by Crippen LogP contribution is -2.31. The molecule has 1 aromatic heterocycles. The van der Waals surface area contributed by atoms with Crippen LogP contribution in [0, 0.1) is 0 Å². The molecule has 3 rings (SSSR count). The summed E-state index contributed by atoms with van der Waals surface area (Å²) in [6, 6.07) is 8.79. The molecule has 2 heterocycles. The minimum absolute atomic E-state index is 0.321. The number of nitrogens with one attached hydrogen (secondary N) is 1. The Kier molecular flexibility index (Phi) is 4.08. The van der Waals surface area contributed by atoms with Gasteiger partial charge < -0.3 is 9.84 Å². The first-order valence-corrected chi connectivity index (χ1v) is 8.15. The van der Waals surface area contributed by atoms with Crippen molar-refractivity contribution in [3.63, 3.8) is 0 Å². The van der Waals surface area contributed by atoms with Gasteiger partial charge in [-0.05, 0) is 19.0 Å². The molecule has 1 saturated heterocycles. The predicted octanol–water partition coefficient (Wildman–Crippen LogP) is 2.72. The minimum Gasteiger partial charge on any atom is -0.339 e. The molecule has 4 nitrogen and oxygen atoms in total. The predicted molar refractivity (Wildman–Crippen MR) is 82.0 cm³/mol. The van der Waals surface area contributed by atoms with Crippen molar-refractivity contribution in [3.8, 4) is 11.4 Å². The molecule has 5 heteroatoms. The lowest BCUT2D eigenvalue weighted by atomic mass is 10.0. The summed E-state index contributed by atoms with van der Waals surface area (Å²) >= 11 is 1.93. The highest BCUT2D eigenvalue weighted by atomic mass is 32.2. The van der Waals surface area contributed by atoms with Gasteiger partial charge in [0.1, 0.15) is 0 Å². The van der Waals surface area contributed by atoms with Crippen molar-refractivity contribution in [1.29, 1.82) is 0 Å². The van der Waals surface area contributed by atoms with Crippen LogP contribution in [0.1, 0.15) is 24.3 Å². The third-order valence-corrected chi connectivity index (χ3v) is 5.02. The van der Waals surface area contributed by atoms with E-state index in [1.807, 2.05) is 18.8 Å². The molecule has 2 aromatic rings. The van der Waals surface area contributed by atoms with Crippen molar-refractivity contribution in [1.82, 2.24) is 15.5 Å². The second-order valence-corrected chi connectivity index (χ2v) is 6.12. The summed E-state index contributed by atoms with van der Waals surface area (Å²) in [6.07, 6.45) is 1.04. The highest BCUT2D eigenvalue weighted by Gasteiger charge is 2.32. The summed E-state index contributed by atoms with van der Waals surface area (Å²) in [6.45, 7) is 2.15. The summed E-state index contributed by atoms with van der Waals surface area (Å²) in [7, 11) is 1.99. The number of nitrogens with zero attached hydrogens (tertiary/aromatic N) is 2. The molecule has 1 fully saturated rings.